The second-order valence-electron chi connectivity index (χ2n) is 4.52. The Morgan fingerprint density at radius 3 is 2.65 bits per heavy atom. The molecule has 92 valence electrons. The van der Waals surface area contributed by atoms with Crippen LogP contribution in [0.4, 0.5) is 5.69 Å². The molecule has 1 aromatic rings. The molecule has 1 aromatic carbocycles. The number of hydrogen-bond donors (Lipinski definition) is 1. The maximum atomic E-state index is 12.3. The van der Waals surface area contributed by atoms with E-state index in [1.165, 1.54) is 0 Å². The van der Waals surface area contributed by atoms with Crippen molar-refractivity contribution in [3.63, 3.8) is 0 Å². The standard InChI is InChI=1S/C13H18N2O2/c1-15(12(16)13(9-14)7-8-13)10-5-3-4-6-11(10)17-2/h3-6H,7-9,14H2,1-2H3. The summed E-state index contributed by atoms with van der Waals surface area (Å²) in [6, 6.07) is 7.50. The molecule has 4 nitrogen and oxygen atoms in total. The molecule has 1 fully saturated rings. The summed E-state index contributed by atoms with van der Waals surface area (Å²) in [4.78, 5) is 14.0. The smallest absolute Gasteiger partial charge is 0.234 e. The number of anilines is 1. The van der Waals surface area contributed by atoms with Gasteiger partial charge in [-0.1, -0.05) is 12.1 Å². The van der Waals surface area contributed by atoms with Crippen LogP contribution in [-0.2, 0) is 4.79 Å². The van der Waals surface area contributed by atoms with Crippen molar-refractivity contribution >= 4 is 11.6 Å². The second kappa shape index (κ2) is 4.37. The third kappa shape index (κ3) is 2.00. The molecular formula is C13H18N2O2. The number of benzene rings is 1. The summed E-state index contributed by atoms with van der Waals surface area (Å²) < 4.78 is 5.26. The zero-order chi connectivity index (χ0) is 12.5. The molecule has 17 heavy (non-hydrogen) atoms. The first-order chi connectivity index (χ1) is 8.14. The van der Waals surface area contributed by atoms with Crippen molar-refractivity contribution < 1.29 is 9.53 Å². The normalized spacial score (nSPS) is 16.4. The van der Waals surface area contributed by atoms with Gasteiger partial charge in [-0.3, -0.25) is 4.79 Å². The van der Waals surface area contributed by atoms with Crippen molar-refractivity contribution in [3.05, 3.63) is 24.3 Å². The molecule has 1 aliphatic rings. The van der Waals surface area contributed by atoms with Gasteiger partial charge < -0.3 is 15.4 Å². The molecule has 0 radical (unpaired) electrons. The van der Waals surface area contributed by atoms with Crippen molar-refractivity contribution in [1.29, 1.82) is 0 Å². The molecule has 0 aromatic heterocycles. The van der Waals surface area contributed by atoms with Gasteiger partial charge in [-0.15, -0.1) is 0 Å². The summed E-state index contributed by atoms with van der Waals surface area (Å²) in [6.07, 6.45) is 1.78. The van der Waals surface area contributed by atoms with Gasteiger partial charge in [0, 0.05) is 13.6 Å². The molecule has 0 unspecified atom stereocenters. The topological polar surface area (TPSA) is 55.6 Å². The lowest BCUT2D eigenvalue weighted by Crippen LogP contribution is -2.38. The predicted molar refractivity (Wildman–Crippen MR) is 67.1 cm³/mol. The van der Waals surface area contributed by atoms with E-state index in [2.05, 4.69) is 0 Å². The number of nitrogens with zero attached hydrogens (tertiary/aromatic N) is 1. The first-order valence-corrected chi connectivity index (χ1v) is 5.76. The van der Waals surface area contributed by atoms with E-state index in [4.69, 9.17) is 10.5 Å². The van der Waals surface area contributed by atoms with Crippen molar-refractivity contribution in [1.82, 2.24) is 0 Å². The van der Waals surface area contributed by atoms with Crippen molar-refractivity contribution in [2.75, 3.05) is 25.6 Å². The highest BCUT2D eigenvalue weighted by molar-refractivity contribution is 6.00. The molecule has 1 aliphatic carbocycles. The number of amides is 1. The highest BCUT2D eigenvalue weighted by Gasteiger charge is 2.50. The minimum Gasteiger partial charge on any atom is -0.495 e. The van der Waals surface area contributed by atoms with Gasteiger partial charge in [0.15, 0.2) is 0 Å². The van der Waals surface area contributed by atoms with E-state index in [0.717, 1.165) is 18.5 Å². The fraction of sp³-hybridized carbons (Fsp3) is 0.462. The van der Waals surface area contributed by atoms with Crippen LogP contribution < -0.4 is 15.4 Å². The fourth-order valence-corrected chi connectivity index (χ4v) is 2.03. The van der Waals surface area contributed by atoms with Crippen LogP contribution in [0.15, 0.2) is 24.3 Å². The lowest BCUT2D eigenvalue weighted by Gasteiger charge is -2.24. The zero-order valence-electron chi connectivity index (χ0n) is 10.3. The molecule has 2 rings (SSSR count). The van der Waals surface area contributed by atoms with E-state index in [0.29, 0.717) is 12.3 Å². The Morgan fingerprint density at radius 1 is 1.47 bits per heavy atom. The van der Waals surface area contributed by atoms with Gasteiger partial charge >= 0.3 is 0 Å². The van der Waals surface area contributed by atoms with E-state index in [1.807, 2.05) is 24.3 Å². The number of para-hydroxylation sites is 2. The monoisotopic (exact) mass is 234 g/mol. The van der Waals surface area contributed by atoms with Gasteiger partial charge in [0.05, 0.1) is 18.2 Å². The number of ether oxygens (including phenoxy) is 1. The van der Waals surface area contributed by atoms with Crippen LogP contribution in [0.2, 0.25) is 0 Å². The maximum absolute atomic E-state index is 12.3. The van der Waals surface area contributed by atoms with E-state index in [9.17, 15) is 4.79 Å². The maximum Gasteiger partial charge on any atom is 0.234 e. The van der Waals surface area contributed by atoms with Gasteiger partial charge in [0.1, 0.15) is 5.75 Å². The van der Waals surface area contributed by atoms with Crippen LogP contribution in [0, 0.1) is 5.41 Å². The Labute approximate surface area is 101 Å². The van der Waals surface area contributed by atoms with Crippen molar-refractivity contribution in [2.24, 2.45) is 11.1 Å². The van der Waals surface area contributed by atoms with Gasteiger partial charge in [-0.2, -0.15) is 0 Å². The number of carbonyl (C=O) groups is 1. The Balaban J connectivity index is 2.25. The molecule has 0 spiro atoms. The quantitative estimate of drug-likeness (QED) is 0.856. The molecule has 4 heteroatoms. The Kier molecular flexibility index (Phi) is 3.07. The third-order valence-electron chi connectivity index (χ3n) is 3.45. The van der Waals surface area contributed by atoms with Crippen molar-refractivity contribution in [3.8, 4) is 5.75 Å². The van der Waals surface area contributed by atoms with Crippen LogP contribution in [0.3, 0.4) is 0 Å². The summed E-state index contributed by atoms with van der Waals surface area (Å²) in [5.74, 6) is 0.792. The number of nitrogens with two attached hydrogens (primary N) is 1. The van der Waals surface area contributed by atoms with E-state index in [-0.39, 0.29) is 11.3 Å². The molecule has 2 N–H and O–H groups in total. The molecule has 1 amide bonds. The molecule has 0 bridgehead atoms. The van der Waals surface area contributed by atoms with Crippen LogP contribution in [0.5, 0.6) is 5.75 Å². The number of methoxy groups -OCH3 is 1. The number of carbonyl (C=O) groups excluding carboxylic acids is 1. The van der Waals surface area contributed by atoms with E-state index < -0.39 is 0 Å². The SMILES string of the molecule is COc1ccccc1N(C)C(=O)C1(CN)CC1. The van der Waals surface area contributed by atoms with Crippen LogP contribution in [0.1, 0.15) is 12.8 Å². The van der Waals surface area contributed by atoms with E-state index >= 15 is 0 Å². The highest BCUT2D eigenvalue weighted by atomic mass is 16.5. The average molecular weight is 234 g/mol. The second-order valence-corrected chi connectivity index (χ2v) is 4.52. The lowest BCUT2D eigenvalue weighted by molar-refractivity contribution is -0.123. The molecule has 1 saturated carbocycles. The first-order valence-electron chi connectivity index (χ1n) is 5.76. The first kappa shape index (κ1) is 11.9. The van der Waals surface area contributed by atoms with Gasteiger partial charge in [0.25, 0.3) is 0 Å². The number of rotatable bonds is 4. The minimum atomic E-state index is -0.324. The van der Waals surface area contributed by atoms with Crippen LogP contribution in [-0.4, -0.2) is 26.6 Å². The summed E-state index contributed by atoms with van der Waals surface area (Å²) in [5, 5.41) is 0. The molecule has 0 aliphatic heterocycles. The summed E-state index contributed by atoms with van der Waals surface area (Å²) in [6.45, 7) is 0.422. The van der Waals surface area contributed by atoms with E-state index in [1.54, 1.807) is 19.1 Å². The van der Waals surface area contributed by atoms with Crippen LogP contribution >= 0.6 is 0 Å². The molecular weight excluding hydrogens is 216 g/mol. The summed E-state index contributed by atoms with van der Waals surface area (Å²) in [5.41, 5.74) is 6.14. The predicted octanol–water partition coefficient (Wildman–Crippen LogP) is 1.40. The van der Waals surface area contributed by atoms with Crippen molar-refractivity contribution in [2.45, 2.75) is 12.8 Å². The van der Waals surface area contributed by atoms with Gasteiger partial charge in [-0.05, 0) is 25.0 Å². The molecule has 0 atom stereocenters. The Morgan fingerprint density at radius 2 is 2.12 bits per heavy atom. The molecule has 0 heterocycles. The summed E-state index contributed by atoms with van der Waals surface area (Å²) in [7, 11) is 3.38. The molecule has 0 saturated heterocycles. The van der Waals surface area contributed by atoms with Crippen LogP contribution in [0.25, 0.3) is 0 Å². The third-order valence-corrected chi connectivity index (χ3v) is 3.45. The lowest BCUT2D eigenvalue weighted by atomic mass is 10.1. The number of hydrogen-bond acceptors (Lipinski definition) is 3. The average Bonchev–Trinajstić information content (AvgIpc) is 3.18. The van der Waals surface area contributed by atoms with Gasteiger partial charge in [-0.25, -0.2) is 0 Å². The highest BCUT2D eigenvalue weighted by Crippen LogP contribution is 2.47. The van der Waals surface area contributed by atoms with Gasteiger partial charge in [0.2, 0.25) is 5.91 Å². The zero-order valence-corrected chi connectivity index (χ0v) is 10.3. The largest absolute Gasteiger partial charge is 0.495 e. The minimum absolute atomic E-state index is 0.0875. The fourth-order valence-electron chi connectivity index (χ4n) is 2.03. The Hall–Kier alpha value is -1.55. The Bertz CT molecular complexity index is 427. The summed E-state index contributed by atoms with van der Waals surface area (Å²) >= 11 is 0.